The van der Waals surface area contributed by atoms with Crippen LogP contribution in [0.3, 0.4) is 0 Å². The van der Waals surface area contributed by atoms with Gasteiger partial charge in [-0.2, -0.15) is 0 Å². The Hall–Kier alpha value is -0.480. The van der Waals surface area contributed by atoms with Crippen molar-refractivity contribution in [3.05, 3.63) is 66.2 Å². The molecule has 0 saturated heterocycles. The van der Waals surface area contributed by atoms with Gasteiger partial charge in [-0.05, 0) is 48.3 Å². The van der Waals surface area contributed by atoms with E-state index in [2.05, 4.69) is 83.3 Å². The molecule has 0 unspecified atom stereocenters. The molecule has 0 aromatic heterocycles. The van der Waals surface area contributed by atoms with Crippen molar-refractivity contribution >= 4 is 34.4 Å². The minimum atomic E-state index is 0.927. The largest absolute Gasteiger partial charge is 0.126 e. The predicted molar refractivity (Wildman–Crippen MR) is 101 cm³/mol. The van der Waals surface area contributed by atoms with Gasteiger partial charge in [0.15, 0.2) is 0 Å². The Balaban J connectivity index is 1.48. The van der Waals surface area contributed by atoms with Crippen LogP contribution in [0.15, 0.2) is 65.6 Å². The zero-order valence-corrected chi connectivity index (χ0v) is 15.1. The van der Waals surface area contributed by atoms with Crippen LogP contribution in [0.2, 0.25) is 0 Å². The molecule has 0 radical (unpaired) electrons. The first-order valence-corrected chi connectivity index (χ1v) is 10.2. The van der Waals surface area contributed by atoms with E-state index in [4.69, 9.17) is 0 Å². The van der Waals surface area contributed by atoms with Crippen LogP contribution in [-0.2, 0) is 6.42 Å². The van der Waals surface area contributed by atoms with Gasteiger partial charge in [0.25, 0.3) is 0 Å². The molecule has 3 atom stereocenters. The van der Waals surface area contributed by atoms with Crippen LogP contribution in [0.25, 0.3) is 0 Å². The molecule has 1 aliphatic carbocycles. The summed E-state index contributed by atoms with van der Waals surface area (Å²) in [5.74, 6) is 4.11. The lowest BCUT2D eigenvalue weighted by molar-refractivity contribution is 0.661. The van der Waals surface area contributed by atoms with Crippen molar-refractivity contribution in [1.82, 2.24) is 0 Å². The summed E-state index contributed by atoms with van der Waals surface area (Å²) in [7, 11) is 0. The molecule has 0 nitrogen and oxygen atoms in total. The first kappa shape index (κ1) is 15.4. The molecule has 1 saturated carbocycles. The standard InChI is InChI=1S/C19H21IS/c20-13-18-17(12-11-15-7-3-1-4-8-15)19(18)14-21-16-9-5-2-6-10-16/h1-10,17-19H,11-14H2/t17-,18-,19+/m0/s1. The Morgan fingerprint density at radius 2 is 1.48 bits per heavy atom. The zero-order valence-electron chi connectivity index (χ0n) is 12.1. The van der Waals surface area contributed by atoms with Crippen LogP contribution in [0, 0.1) is 17.8 Å². The highest BCUT2D eigenvalue weighted by molar-refractivity contribution is 14.1. The van der Waals surface area contributed by atoms with E-state index >= 15 is 0 Å². The van der Waals surface area contributed by atoms with Crippen molar-refractivity contribution in [1.29, 1.82) is 0 Å². The molecule has 110 valence electrons. The molecule has 0 amide bonds. The van der Waals surface area contributed by atoms with Gasteiger partial charge in [0.2, 0.25) is 0 Å². The number of rotatable bonds is 7. The summed E-state index contributed by atoms with van der Waals surface area (Å²) in [6.45, 7) is 0. The second-order valence-electron chi connectivity index (χ2n) is 5.79. The summed E-state index contributed by atoms with van der Waals surface area (Å²) in [6, 6.07) is 21.8. The number of aryl methyl sites for hydroxylation is 1. The molecule has 1 fully saturated rings. The fourth-order valence-corrected chi connectivity index (χ4v) is 5.65. The van der Waals surface area contributed by atoms with Gasteiger partial charge in [-0.25, -0.2) is 0 Å². The van der Waals surface area contributed by atoms with E-state index in [1.54, 1.807) is 0 Å². The second-order valence-corrected chi connectivity index (χ2v) is 7.77. The molecule has 2 heteroatoms. The van der Waals surface area contributed by atoms with Crippen molar-refractivity contribution in [3.8, 4) is 0 Å². The third-order valence-electron chi connectivity index (χ3n) is 4.48. The van der Waals surface area contributed by atoms with Gasteiger partial charge in [0.05, 0.1) is 0 Å². The Bertz CT molecular complexity index is 491. The zero-order chi connectivity index (χ0) is 14.5. The van der Waals surface area contributed by atoms with E-state index < -0.39 is 0 Å². The fraction of sp³-hybridized carbons (Fsp3) is 0.368. The van der Waals surface area contributed by atoms with E-state index in [1.807, 2.05) is 11.8 Å². The average molecular weight is 408 g/mol. The van der Waals surface area contributed by atoms with Gasteiger partial charge >= 0.3 is 0 Å². The lowest BCUT2D eigenvalue weighted by atomic mass is 10.1. The van der Waals surface area contributed by atoms with Crippen molar-refractivity contribution in [2.45, 2.75) is 17.7 Å². The average Bonchev–Trinajstić information content (AvgIpc) is 3.25. The highest BCUT2D eigenvalue weighted by Gasteiger charge is 2.47. The quantitative estimate of drug-likeness (QED) is 0.321. The Morgan fingerprint density at radius 1 is 0.810 bits per heavy atom. The second kappa shape index (κ2) is 7.68. The van der Waals surface area contributed by atoms with E-state index in [9.17, 15) is 0 Å². The number of hydrogen-bond acceptors (Lipinski definition) is 1. The summed E-state index contributed by atoms with van der Waals surface area (Å²) in [6.07, 6.45) is 2.60. The van der Waals surface area contributed by atoms with Crippen LogP contribution in [0.5, 0.6) is 0 Å². The maximum Gasteiger partial charge on any atom is 0.00720 e. The molecule has 0 aliphatic heterocycles. The Labute approximate surface area is 145 Å². The first-order valence-electron chi connectivity index (χ1n) is 7.66. The molecular weight excluding hydrogens is 387 g/mol. The SMILES string of the molecule is IC[C@H]1[C@H](CCc2ccccc2)[C@H]1CSc1ccccc1. The van der Waals surface area contributed by atoms with Gasteiger partial charge in [-0.1, -0.05) is 71.1 Å². The summed E-state index contributed by atoms with van der Waals surface area (Å²) in [5.41, 5.74) is 1.49. The molecule has 1 aliphatic rings. The maximum atomic E-state index is 2.57. The minimum absolute atomic E-state index is 0.927. The van der Waals surface area contributed by atoms with Crippen molar-refractivity contribution in [3.63, 3.8) is 0 Å². The minimum Gasteiger partial charge on any atom is -0.126 e. The lowest BCUT2D eigenvalue weighted by Gasteiger charge is -2.02. The monoisotopic (exact) mass is 408 g/mol. The lowest BCUT2D eigenvalue weighted by Crippen LogP contribution is -1.91. The van der Waals surface area contributed by atoms with Gasteiger partial charge in [0, 0.05) is 15.1 Å². The van der Waals surface area contributed by atoms with E-state index in [1.165, 1.54) is 33.5 Å². The van der Waals surface area contributed by atoms with Crippen LogP contribution < -0.4 is 0 Å². The number of thioether (sulfide) groups is 1. The van der Waals surface area contributed by atoms with Gasteiger partial charge in [-0.3, -0.25) is 0 Å². The predicted octanol–water partition coefficient (Wildman–Crippen LogP) is 5.71. The van der Waals surface area contributed by atoms with Crippen molar-refractivity contribution < 1.29 is 0 Å². The van der Waals surface area contributed by atoms with Crippen LogP contribution in [-0.4, -0.2) is 10.2 Å². The van der Waals surface area contributed by atoms with E-state index in [0.717, 1.165) is 17.8 Å². The van der Waals surface area contributed by atoms with Crippen LogP contribution in [0.4, 0.5) is 0 Å². The van der Waals surface area contributed by atoms with Crippen molar-refractivity contribution in [2.24, 2.45) is 17.8 Å². The molecule has 0 heterocycles. The topological polar surface area (TPSA) is 0 Å². The first-order chi connectivity index (χ1) is 10.4. The summed E-state index contributed by atoms with van der Waals surface area (Å²) in [4.78, 5) is 1.42. The van der Waals surface area contributed by atoms with Crippen LogP contribution in [0.1, 0.15) is 12.0 Å². The number of alkyl halides is 1. The number of benzene rings is 2. The molecule has 21 heavy (non-hydrogen) atoms. The van der Waals surface area contributed by atoms with E-state index in [0.29, 0.717) is 0 Å². The summed E-state index contributed by atoms with van der Waals surface area (Å²) in [5, 5.41) is 0. The third kappa shape index (κ3) is 4.26. The van der Waals surface area contributed by atoms with Gasteiger partial charge in [0.1, 0.15) is 0 Å². The smallest absolute Gasteiger partial charge is 0.00720 e. The molecular formula is C19H21IS. The normalized spacial score (nSPS) is 24.0. The molecule has 0 N–H and O–H groups in total. The van der Waals surface area contributed by atoms with Gasteiger partial charge in [-0.15, -0.1) is 11.8 Å². The third-order valence-corrected chi connectivity index (χ3v) is 6.66. The summed E-state index contributed by atoms with van der Waals surface area (Å²) >= 11 is 4.60. The molecule has 0 spiro atoms. The fourth-order valence-electron chi connectivity index (χ4n) is 3.12. The Morgan fingerprint density at radius 3 is 2.14 bits per heavy atom. The van der Waals surface area contributed by atoms with Gasteiger partial charge < -0.3 is 0 Å². The molecule has 3 rings (SSSR count). The highest BCUT2D eigenvalue weighted by Crippen LogP contribution is 2.52. The van der Waals surface area contributed by atoms with E-state index in [-0.39, 0.29) is 0 Å². The molecule has 0 bridgehead atoms. The number of hydrogen-bond donors (Lipinski definition) is 0. The molecule has 2 aromatic carbocycles. The summed E-state index contributed by atoms with van der Waals surface area (Å²) < 4.78 is 1.32. The number of halogens is 1. The van der Waals surface area contributed by atoms with Crippen LogP contribution >= 0.6 is 34.4 Å². The highest BCUT2D eigenvalue weighted by atomic mass is 127. The Kier molecular flexibility index (Phi) is 5.64. The molecule has 2 aromatic rings. The maximum absolute atomic E-state index is 2.57. The van der Waals surface area contributed by atoms with Crippen molar-refractivity contribution in [2.75, 3.05) is 10.2 Å².